The summed E-state index contributed by atoms with van der Waals surface area (Å²) in [6, 6.07) is 0. The van der Waals surface area contributed by atoms with Crippen molar-refractivity contribution in [2.75, 3.05) is 243 Å². The molecule has 0 bridgehead atoms. The number of ketones is 1. The molecule has 0 aromatic carbocycles. The van der Waals surface area contributed by atoms with Crippen LogP contribution in [0.15, 0.2) is 57.6 Å². The van der Waals surface area contributed by atoms with Crippen molar-refractivity contribution in [2.45, 2.75) is 270 Å². The Morgan fingerprint density at radius 2 is 0.711 bits per heavy atom. The summed E-state index contributed by atoms with van der Waals surface area (Å²) in [5.74, 6) is 7.01. The normalized spacial score (nSPS) is 23.3. The molecule has 14 N–H and O–H groups in total. The van der Waals surface area contributed by atoms with Crippen LogP contribution in [-0.4, -0.2) is 278 Å². The number of hydrogen-bond donors (Lipinski definition) is 14. The Morgan fingerprint density at radius 3 is 0.901 bits per heavy atom. The standard InChI is InChI=1S/C7H14.C6H13N.C6H12O.2C5H11N.C5H9N.C5H8O.C4H9NO2S.C4H9NO.C4H9NS.C4H5NS.C4H9N.C4H7N.C4H8O2S.C4H8O.2C4H8.C3H6N2.C3H8N2.C3H5NO.C3H7NS/c3*1-2-4-6-7-5-3-1;3*1-2-4-6-5-3-1;6-5-3-1-2-4-5;6-8(7)3-1-5-2-4-8;3*1-3-6-4-2-5-1;2*1-2-4-5-3-1;5-7(6)3-1-2-4-7;1-2-4-5-3-1;2*1-2-4-3-1;1-2-5-3-4-1;1-2-4-5-3-1;2*1-2-5-3-4-1/h1-7H2;7H,1-6H2;1-6H2;2*6H,1-5H2;2,4,6H,1,3,5H2;1-4H2;5H,1-4H2;2*5H,1-4H2;1-5H;5H,1-4H2;1-2,5H,3-4H2;1-4H2;1-4H2;2*1-4H2;3H,1-2H2,(H,4,5);4-5H,1-3H2;3H,1-2H2;4H,1-3H2. The van der Waals surface area contributed by atoms with Crippen molar-refractivity contribution in [3.63, 3.8) is 0 Å². The minimum Gasteiger partial charge on any atom is -0.482 e. The van der Waals surface area contributed by atoms with E-state index in [4.69, 9.17) is 14.2 Å². The van der Waals surface area contributed by atoms with E-state index in [0.717, 1.165) is 150 Å². The van der Waals surface area contributed by atoms with Crippen LogP contribution in [-0.2, 0) is 43.4 Å². The first-order valence-electron chi connectivity index (χ1n) is 48.5. The number of hydrazine groups is 1. The molecule has 4 saturated carbocycles. The summed E-state index contributed by atoms with van der Waals surface area (Å²) in [6.07, 6.45) is 72.2. The minimum absolute atomic E-state index is 0.312. The van der Waals surface area contributed by atoms with Gasteiger partial charge < -0.3 is 82.7 Å². The molecular weight excluding hydrogens is 1620 g/mol. The van der Waals surface area contributed by atoms with Gasteiger partial charge in [0.1, 0.15) is 22.2 Å². The van der Waals surface area contributed by atoms with E-state index in [0.29, 0.717) is 41.9 Å². The fraction of sp³-hybridized carbons (Fsp3) is 0.879. The lowest BCUT2D eigenvalue weighted by Crippen LogP contribution is -2.35. The Labute approximate surface area is 754 Å². The number of morpholine rings is 1. The minimum atomic E-state index is -2.65. The van der Waals surface area contributed by atoms with Gasteiger partial charge >= 0.3 is 0 Å². The summed E-state index contributed by atoms with van der Waals surface area (Å²) in [5, 5.41) is 41.7. The van der Waals surface area contributed by atoms with Crippen molar-refractivity contribution in [2.24, 2.45) is 9.98 Å². The smallest absolute Gasteiger partial charge is 0.169 e. The molecule has 25 nitrogen and oxygen atoms in total. The summed E-state index contributed by atoms with van der Waals surface area (Å²) in [4.78, 5) is 17.8. The summed E-state index contributed by atoms with van der Waals surface area (Å²) >= 11 is 5.67. The number of hydrogen-bond acceptors (Lipinski definition) is 28. The number of nitrogens with zero attached hydrogens (tertiary/aromatic N) is 2. The molecule has 121 heavy (non-hydrogen) atoms. The molecule has 0 atom stereocenters. The Bertz CT molecular complexity index is 2100. The van der Waals surface area contributed by atoms with E-state index in [1.807, 2.05) is 52.9 Å². The summed E-state index contributed by atoms with van der Waals surface area (Å²) < 4.78 is 61.9. The molecule has 12 saturated heterocycles. The third-order valence-corrected chi connectivity index (χ3v) is 26.4. The number of rotatable bonds is 0. The maximum Gasteiger partial charge on any atom is 0.169 e. The van der Waals surface area contributed by atoms with Gasteiger partial charge in [0, 0.05) is 160 Å². The van der Waals surface area contributed by atoms with Crippen LogP contribution in [0, 0.1) is 0 Å². The van der Waals surface area contributed by atoms with Gasteiger partial charge in [0.2, 0.25) is 0 Å². The maximum atomic E-state index is 10.6. The molecule has 0 unspecified atom stereocenters. The van der Waals surface area contributed by atoms with Gasteiger partial charge in [-0.1, -0.05) is 153 Å². The van der Waals surface area contributed by atoms with Crippen molar-refractivity contribution >= 4 is 73.5 Å². The van der Waals surface area contributed by atoms with Crippen molar-refractivity contribution in [1.82, 2.24) is 74.7 Å². The Hall–Kier alpha value is -2.44. The summed E-state index contributed by atoms with van der Waals surface area (Å²) in [7, 11) is -5.19. The highest BCUT2D eigenvalue weighted by atomic mass is 32.2. The lowest BCUT2D eigenvalue weighted by atomic mass is 10.0. The van der Waals surface area contributed by atoms with Gasteiger partial charge in [0.25, 0.3) is 0 Å². The number of piperidine rings is 2. The third-order valence-electron chi connectivity index (χ3n) is 20.4. The van der Waals surface area contributed by atoms with E-state index < -0.39 is 19.7 Å². The molecule has 0 amide bonds. The van der Waals surface area contributed by atoms with Crippen molar-refractivity contribution in [3.05, 3.63) is 47.6 Å². The molecule has 17 aliphatic heterocycles. The first-order chi connectivity index (χ1) is 59.8. The molecule has 0 radical (unpaired) electrons. The van der Waals surface area contributed by atoms with E-state index in [9.17, 15) is 21.6 Å². The predicted octanol–water partition coefficient (Wildman–Crippen LogP) is 13.2. The molecule has 16 fully saturated rings. The molecule has 30 heteroatoms. The molecule has 4 aliphatic carbocycles. The van der Waals surface area contributed by atoms with E-state index in [2.05, 4.69) is 108 Å². The second-order valence-electron chi connectivity index (χ2n) is 31.8. The molecule has 0 aromatic rings. The van der Waals surface area contributed by atoms with Gasteiger partial charge in [-0.05, 0) is 191 Å². The van der Waals surface area contributed by atoms with Crippen LogP contribution in [0.4, 0.5) is 0 Å². The van der Waals surface area contributed by atoms with Crippen LogP contribution in [0.25, 0.3) is 0 Å². The van der Waals surface area contributed by atoms with Crippen molar-refractivity contribution < 1.29 is 40.6 Å². The van der Waals surface area contributed by atoms with Crippen LogP contribution in [0.1, 0.15) is 270 Å². The third kappa shape index (κ3) is 103. The SMILES string of the molecule is C1=CCNC1.C1=CNCCC1.C1=CSC=CN1.C1=NCCN1.C1=NCCO1.C1CCC1.C1CCC1.C1CCCCCC1.C1CCCNCC1.C1CCCOCC1.C1CCNC1.C1CCNCC1.C1CCNCC1.C1CCOC1.C1CNNC1.C1COCCN1.C1CSCCN1.C1CSCN1.O=C1CCCC1.O=S1(=O)CCCC1.O=S1(=O)CCNCC1. The fourth-order valence-corrected chi connectivity index (χ4v) is 16.7. The second kappa shape index (κ2) is 101. The maximum absolute atomic E-state index is 10.6. The molecule has 21 aliphatic rings. The Kier molecular flexibility index (Phi) is 97.6. The topological polar surface area (TPSA) is 315 Å². The number of sulfone groups is 2. The second-order valence-corrected chi connectivity index (χ2v) is 39.5. The zero-order chi connectivity index (χ0) is 86.5. The highest BCUT2D eigenvalue weighted by Crippen LogP contribution is 2.17. The number of thioether (sulfide) groups is 3. The zero-order valence-electron chi connectivity index (χ0n) is 76.5. The van der Waals surface area contributed by atoms with E-state index in [1.165, 1.54) is 333 Å². The first kappa shape index (κ1) is 117. The van der Waals surface area contributed by atoms with Crippen LogP contribution in [0.3, 0.4) is 0 Å². The fourth-order valence-electron chi connectivity index (χ4n) is 12.2. The van der Waals surface area contributed by atoms with Gasteiger partial charge in [0.15, 0.2) is 16.2 Å². The zero-order valence-corrected chi connectivity index (χ0v) is 80.5. The average Bonchev–Trinajstić information content (AvgIpc) is 1.91. The number of ether oxygens (including phenoxy) is 4. The number of allylic oxidation sites excluding steroid dienone is 1. The van der Waals surface area contributed by atoms with Gasteiger partial charge in [-0.15, -0.1) is 23.5 Å². The number of aliphatic imine (C=N–C) groups is 2. The molecular formula is C91H184N16O9S5. The number of Topliss-reactive ketones (excluding diaryl/α,β-unsaturated/α-hetero) is 1. The van der Waals surface area contributed by atoms with Crippen LogP contribution in [0.2, 0.25) is 0 Å². The molecule has 17 heterocycles. The van der Waals surface area contributed by atoms with Gasteiger partial charge in [-0.25, -0.2) is 16.8 Å². The highest BCUT2D eigenvalue weighted by molar-refractivity contribution is 8.04. The molecule has 21 rings (SSSR count). The quantitative estimate of drug-likeness (QED) is 0.0792. The summed E-state index contributed by atoms with van der Waals surface area (Å²) in [5.41, 5.74) is 5.94. The van der Waals surface area contributed by atoms with Crippen LogP contribution >= 0.6 is 35.3 Å². The molecule has 0 spiro atoms. The van der Waals surface area contributed by atoms with E-state index in [-0.39, 0.29) is 0 Å². The van der Waals surface area contributed by atoms with Gasteiger partial charge in [0.05, 0.1) is 55.7 Å². The lowest BCUT2D eigenvalue weighted by Gasteiger charge is -2.10. The lowest BCUT2D eigenvalue weighted by molar-refractivity contribution is -0.117. The van der Waals surface area contributed by atoms with Crippen molar-refractivity contribution in [1.29, 1.82) is 0 Å². The van der Waals surface area contributed by atoms with Crippen LogP contribution < -0.4 is 74.7 Å². The number of carbonyl (C=O) groups is 1. The Balaban J connectivity index is 0.000000636. The van der Waals surface area contributed by atoms with E-state index in [1.54, 1.807) is 18.1 Å². The van der Waals surface area contributed by atoms with E-state index >= 15 is 0 Å². The highest BCUT2D eigenvalue weighted by Gasteiger charge is 2.17. The molecule has 712 valence electrons. The first-order valence-corrected chi connectivity index (χ1v) is 55.4. The van der Waals surface area contributed by atoms with Crippen LogP contribution in [0.5, 0.6) is 0 Å². The van der Waals surface area contributed by atoms with Crippen molar-refractivity contribution in [3.8, 4) is 0 Å². The largest absolute Gasteiger partial charge is 0.482 e. The molecule has 0 aromatic heterocycles. The predicted molar refractivity (Wildman–Crippen MR) is 526 cm³/mol. The number of carbonyl (C=O) groups excluding carboxylic acids is 1. The monoisotopic (exact) mass is 1810 g/mol. The Morgan fingerprint density at radius 1 is 0.306 bits per heavy atom. The average molecular weight is 1810 g/mol. The number of nitrogens with one attached hydrogen (secondary N) is 14. The van der Waals surface area contributed by atoms with Gasteiger partial charge in [-0.3, -0.25) is 25.6 Å². The van der Waals surface area contributed by atoms with Gasteiger partial charge in [-0.2, -0.15) is 11.8 Å². The summed E-state index contributed by atoms with van der Waals surface area (Å²) in [6.45, 7) is 31.9.